The van der Waals surface area contributed by atoms with Gasteiger partial charge in [0.05, 0.1) is 33.0 Å². The van der Waals surface area contributed by atoms with Crippen LogP contribution in [-0.4, -0.2) is 64.8 Å². The van der Waals surface area contributed by atoms with E-state index in [1.807, 2.05) is 32.0 Å². The number of carbonyl (C=O) groups is 1. The van der Waals surface area contributed by atoms with Crippen molar-refractivity contribution in [2.75, 3.05) is 20.8 Å². The van der Waals surface area contributed by atoms with Crippen LogP contribution in [0.15, 0.2) is 18.2 Å². The number of rotatable bonds is 9. The lowest BCUT2D eigenvalue weighted by molar-refractivity contribution is -0.0307. The minimum absolute atomic E-state index is 0.348. The van der Waals surface area contributed by atoms with Gasteiger partial charge in [-0.3, -0.25) is 4.90 Å². The van der Waals surface area contributed by atoms with Crippen LogP contribution in [0.5, 0.6) is 11.5 Å². The predicted molar refractivity (Wildman–Crippen MR) is 108 cm³/mol. The minimum atomic E-state index is -1.17. The number of benzene rings is 1. The van der Waals surface area contributed by atoms with Gasteiger partial charge in [-0.05, 0) is 56.7 Å². The van der Waals surface area contributed by atoms with Crippen molar-refractivity contribution in [3.05, 3.63) is 23.8 Å². The summed E-state index contributed by atoms with van der Waals surface area (Å²) in [5, 5.41) is 29.6. The monoisotopic (exact) mass is 397 g/mol. The van der Waals surface area contributed by atoms with Crippen LogP contribution in [-0.2, 0) is 6.42 Å². The highest BCUT2D eigenvalue weighted by Crippen LogP contribution is 2.35. The number of nitrogens with zero attached hydrogens (tertiary/aromatic N) is 1. The first-order chi connectivity index (χ1) is 12.9. The lowest BCUT2D eigenvalue weighted by atomic mass is 9.78. The molecule has 0 radical (unpaired) electrons. The van der Waals surface area contributed by atoms with Gasteiger partial charge in [0.1, 0.15) is 0 Å². The second kappa shape index (κ2) is 9.47. The third-order valence-electron chi connectivity index (χ3n) is 4.78. The van der Waals surface area contributed by atoms with Crippen LogP contribution in [0, 0.1) is 5.41 Å². The largest absolute Gasteiger partial charge is 0.493 e. The highest BCUT2D eigenvalue weighted by atomic mass is 16.5. The average molecular weight is 398 g/mol. The Morgan fingerprint density at radius 2 is 1.68 bits per heavy atom. The van der Waals surface area contributed by atoms with Crippen LogP contribution in [0.1, 0.15) is 46.6 Å². The zero-order chi connectivity index (χ0) is 21.7. The number of hydrogen-bond donors (Lipinski definition) is 3. The van der Waals surface area contributed by atoms with Crippen molar-refractivity contribution in [2.45, 2.75) is 65.1 Å². The molecule has 3 N–H and O–H groups in total. The Kier molecular flexibility index (Phi) is 8.14. The molecule has 0 fully saturated rings. The molecule has 0 aliphatic carbocycles. The van der Waals surface area contributed by atoms with Crippen molar-refractivity contribution in [3.63, 3.8) is 0 Å². The third-order valence-corrected chi connectivity index (χ3v) is 4.78. The molecule has 0 aliphatic heterocycles. The Morgan fingerprint density at radius 3 is 2.11 bits per heavy atom. The molecular weight excluding hydrogens is 362 g/mol. The van der Waals surface area contributed by atoms with E-state index in [4.69, 9.17) is 9.47 Å². The van der Waals surface area contributed by atoms with E-state index >= 15 is 0 Å². The highest BCUT2D eigenvalue weighted by Gasteiger charge is 2.40. The van der Waals surface area contributed by atoms with Crippen LogP contribution in [0.3, 0.4) is 0 Å². The molecule has 7 heteroatoms. The number of carboxylic acid groups (broad SMARTS) is 1. The first kappa shape index (κ1) is 24.0. The zero-order valence-corrected chi connectivity index (χ0v) is 18.0. The fourth-order valence-electron chi connectivity index (χ4n) is 3.63. The van der Waals surface area contributed by atoms with Crippen LogP contribution in [0.2, 0.25) is 0 Å². The van der Waals surface area contributed by atoms with Gasteiger partial charge in [-0.1, -0.05) is 19.9 Å². The van der Waals surface area contributed by atoms with Crippen LogP contribution in [0.25, 0.3) is 0 Å². The van der Waals surface area contributed by atoms with Gasteiger partial charge in [0.15, 0.2) is 11.5 Å². The molecule has 1 rings (SSSR count). The van der Waals surface area contributed by atoms with E-state index in [9.17, 15) is 20.1 Å². The normalized spacial score (nSPS) is 14.3. The van der Waals surface area contributed by atoms with E-state index in [-0.39, 0.29) is 5.41 Å². The van der Waals surface area contributed by atoms with Gasteiger partial charge in [-0.2, -0.15) is 0 Å². The molecule has 0 aromatic heterocycles. The maximum atomic E-state index is 11.9. The van der Waals surface area contributed by atoms with Gasteiger partial charge in [0.2, 0.25) is 0 Å². The van der Waals surface area contributed by atoms with Crippen molar-refractivity contribution < 1.29 is 29.6 Å². The number of hydrogen-bond acceptors (Lipinski definition) is 5. The number of aliphatic hydroxyl groups is 2. The number of methoxy groups -OCH3 is 2. The summed E-state index contributed by atoms with van der Waals surface area (Å²) in [5.41, 5.74) is -0.0525. The van der Waals surface area contributed by atoms with Crippen LogP contribution >= 0.6 is 0 Å². The zero-order valence-electron chi connectivity index (χ0n) is 18.0. The first-order valence-corrected chi connectivity index (χ1v) is 9.38. The van der Waals surface area contributed by atoms with Gasteiger partial charge in [-0.15, -0.1) is 0 Å². The van der Waals surface area contributed by atoms with Crippen LogP contribution < -0.4 is 9.47 Å². The van der Waals surface area contributed by atoms with E-state index in [0.29, 0.717) is 24.3 Å². The van der Waals surface area contributed by atoms with E-state index < -0.39 is 30.4 Å². The van der Waals surface area contributed by atoms with Gasteiger partial charge >= 0.3 is 6.09 Å². The van der Waals surface area contributed by atoms with Crippen molar-refractivity contribution in [1.82, 2.24) is 4.90 Å². The number of ether oxygens (including phenoxy) is 2. The number of aliphatic hydroxyl groups excluding tert-OH is 2. The molecule has 1 aromatic rings. The van der Waals surface area contributed by atoms with Gasteiger partial charge in [0.25, 0.3) is 0 Å². The second-order valence-electron chi connectivity index (χ2n) is 8.88. The molecule has 7 nitrogen and oxygen atoms in total. The molecular formula is C21H35NO6. The smallest absolute Gasteiger partial charge is 0.408 e. The van der Waals surface area contributed by atoms with Gasteiger partial charge < -0.3 is 24.8 Å². The second-order valence-corrected chi connectivity index (χ2v) is 8.88. The van der Waals surface area contributed by atoms with Crippen LogP contribution in [0.4, 0.5) is 4.79 Å². The molecule has 0 bridgehead atoms. The SMILES string of the molecule is COc1ccc(CC(C)(C)C[C@@H]([C@H](O)CO)N(C(=O)O)C(C)(C)C)cc1OC. The summed E-state index contributed by atoms with van der Waals surface area (Å²) in [6.07, 6.45) is -1.27. The lowest BCUT2D eigenvalue weighted by Gasteiger charge is -2.44. The summed E-state index contributed by atoms with van der Waals surface area (Å²) in [5.74, 6) is 1.27. The quantitative estimate of drug-likeness (QED) is 0.592. The molecule has 28 heavy (non-hydrogen) atoms. The lowest BCUT2D eigenvalue weighted by Crippen LogP contribution is -2.57. The van der Waals surface area contributed by atoms with E-state index in [1.54, 1.807) is 35.0 Å². The van der Waals surface area contributed by atoms with Crippen molar-refractivity contribution in [2.24, 2.45) is 5.41 Å². The molecule has 0 unspecified atom stereocenters. The fraction of sp³-hybridized carbons (Fsp3) is 0.667. The summed E-state index contributed by atoms with van der Waals surface area (Å²) < 4.78 is 10.6. The minimum Gasteiger partial charge on any atom is -0.493 e. The Bertz CT molecular complexity index is 653. The molecule has 2 atom stereocenters. The molecule has 160 valence electrons. The van der Waals surface area contributed by atoms with E-state index in [2.05, 4.69) is 0 Å². The Morgan fingerprint density at radius 1 is 1.11 bits per heavy atom. The molecule has 0 spiro atoms. The number of amides is 1. The topological polar surface area (TPSA) is 99.5 Å². The Hall–Kier alpha value is -1.99. The summed E-state index contributed by atoms with van der Waals surface area (Å²) in [6, 6.07) is 4.94. The molecule has 0 heterocycles. The van der Waals surface area contributed by atoms with Crippen molar-refractivity contribution >= 4 is 6.09 Å². The molecule has 0 saturated carbocycles. The standard InChI is InChI=1S/C21H35NO6/c1-20(2,3)22(19(25)26)15(16(24)13-23)12-21(4,5)11-14-8-9-17(27-6)18(10-14)28-7/h8-10,15-16,23-24H,11-13H2,1-7H3,(H,25,26)/t15-,16+/m0/s1. The first-order valence-electron chi connectivity index (χ1n) is 9.38. The summed E-state index contributed by atoms with van der Waals surface area (Å²) >= 11 is 0. The third kappa shape index (κ3) is 6.27. The van der Waals surface area contributed by atoms with Crippen molar-refractivity contribution in [1.29, 1.82) is 0 Å². The summed E-state index contributed by atoms with van der Waals surface area (Å²) in [6.45, 7) is 8.86. The van der Waals surface area contributed by atoms with E-state index in [0.717, 1.165) is 5.56 Å². The summed E-state index contributed by atoms with van der Waals surface area (Å²) in [4.78, 5) is 13.1. The summed E-state index contributed by atoms with van der Waals surface area (Å²) in [7, 11) is 3.16. The van der Waals surface area contributed by atoms with Gasteiger partial charge in [0, 0.05) is 5.54 Å². The molecule has 0 aliphatic rings. The Labute approximate surface area is 167 Å². The fourth-order valence-corrected chi connectivity index (χ4v) is 3.63. The molecule has 1 amide bonds. The predicted octanol–water partition coefficient (Wildman–Crippen LogP) is 3.16. The maximum Gasteiger partial charge on any atom is 0.408 e. The maximum absolute atomic E-state index is 11.9. The van der Waals surface area contributed by atoms with Gasteiger partial charge in [-0.25, -0.2) is 4.79 Å². The Balaban J connectivity index is 3.15. The van der Waals surface area contributed by atoms with E-state index in [1.165, 1.54) is 4.90 Å². The highest BCUT2D eigenvalue weighted by molar-refractivity contribution is 5.66. The average Bonchev–Trinajstić information content (AvgIpc) is 2.58. The molecule has 0 saturated heterocycles. The molecule has 1 aromatic carbocycles. The van der Waals surface area contributed by atoms with Crippen molar-refractivity contribution in [3.8, 4) is 11.5 Å².